The highest BCUT2D eigenvalue weighted by molar-refractivity contribution is 4.78. The molecule has 2 atom stereocenters. The molecule has 0 bridgehead atoms. The van der Waals surface area contributed by atoms with Crippen LogP contribution in [-0.2, 0) is 0 Å². The first kappa shape index (κ1) is 9.92. The fourth-order valence-electron chi connectivity index (χ4n) is 1.34. The first-order valence-corrected chi connectivity index (χ1v) is 3.98. The Bertz CT molecular complexity index is 81.3. The summed E-state index contributed by atoms with van der Waals surface area (Å²) in [6.45, 7) is 6.66. The average Bonchev–Trinajstić information content (AvgIpc) is 1.88. The number of rotatable bonds is 4. The molecule has 0 saturated carbocycles. The van der Waals surface area contributed by atoms with Crippen LogP contribution in [0.4, 0.5) is 0 Å². The molecule has 2 N–H and O–H groups in total. The summed E-state index contributed by atoms with van der Waals surface area (Å²) < 4.78 is 0. The highest BCUT2D eigenvalue weighted by Crippen LogP contribution is 2.04. The van der Waals surface area contributed by atoms with Crippen molar-refractivity contribution in [3.05, 3.63) is 0 Å². The number of hydrogen-bond acceptors (Lipinski definition) is 2. The Kier molecular flexibility index (Phi) is 4.65. The first-order chi connectivity index (χ1) is 4.63. The molecule has 2 heteroatoms. The summed E-state index contributed by atoms with van der Waals surface area (Å²) in [5.41, 5.74) is 0. The van der Waals surface area contributed by atoms with Gasteiger partial charge in [-0.1, -0.05) is 13.8 Å². The van der Waals surface area contributed by atoms with Gasteiger partial charge in [0.1, 0.15) is 0 Å². The summed E-state index contributed by atoms with van der Waals surface area (Å²) in [6, 6.07) is 1.12. The van der Waals surface area contributed by atoms with Gasteiger partial charge in [0.2, 0.25) is 0 Å². The lowest BCUT2D eigenvalue weighted by Gasteiger charge is -2.26. The van der Waals surface area contributed by atoms with E-state index in [9.17, 15) is 0 Å². The third-order valence-electron chi connectivity index (χ3n) is 2.05. The van der Waals surface area contributed by atoms with Crippen LogP contribution in [-0.4, -0.2) is 26.2 Å². The van der Waals surface area contributed by atoms with Crippen LogP contribution in [0.25, 0.3) is 0 Å². The maximum atomic E-state index is 3.29. The van der Waals surface area contributed by atoms with Gasteiger partial charge in [0.15, 0.2) is 0 Å². The molecular weight excluding hydrogens is 124 g/mol. The third kappa shape index (κ3) is 2.67. The van der Waals surface area contributed by atoms with Gasteiger partial charge in [0.05, 0.1) is 0 Å². The van der Waals surface area contributed by atoms with Gasteiger partial charge in [-0.25, -0.2) is 0 Å². The Morgan fingerprint density at radius 3 is 1.50 bits per heavy atom. The van der Waals surface area contributed by atoms with Crippen LogP contribution in [0.1, 0.15) is 20.8 Å². The van der Waals surface area contributed by atoms with Crippen molar-refractivity contribution in [3.63, 3.8) is 0 Å². The highest BCUT2D eigenvalue weighted by Gasteiger charge is 2.16. The predicted octanol–water partition coefficient (Wildman–Crippen LogP) is 0.838. The monoisotopic (exact) mass is 144 g/mol. The summed E-state index contributed by atoms with van der Waals surface area (Å²) in [7, 11) is 4.01. The Morgan fingerprint density at radius 2 is 1.40 bits per heavy atom. The zero-order valence-corrected chi connectivity index (χ0v) is 7.73. The molecule has 10 heavy (non-hydrogen) atoms. The molecule has 0 radical (unpaired) electrons. The summed E-state index contributed by atoms with van der Waals surface area (Å²) in [5.74, 6) is 0.687. The molecule has 0 aromatic rings. The molecule has 0 heterocycles. The first-order valence-electron chi connectivity index (χ1n) is 3.98. The maximum absolute atomic E-state index is 3.29. The van der Waals surface area contributed by atoms with Crippen molar-refractivity contribution in [1.29, 1.82) is 0 Å². The lowest BCUT2D eigenvalue weighted by atomic mass is 9.98. The van der Waals surface area contributed by atoms with E-state index in [2.05, 4.69) is 31.4 Å². The van der Waals surface area contributed by atoms with Crippen molar-refractivity contribution in [3.8, 4) is 0 Å². The van der Waals surface area contributed by atoms with Crippen molar-refractivity contribution in [1.82, 2.24) is 10.6 Å². The highest BCUT2D eigenvalue weighted by atomic mass is 15.0. The molecular formula is C8H20N2. The van der Waals surface area contributed by atoms with E-state index in [0.29, 0.717) is 18.0 Å². The number of hydrogen-bond donors (Lipinski definition) is 2. The molecule has 2 nitrogen and oxygen atoms in total. The Labute approximate surface area is 64.4 Å². The summed E-state index contributed by atoms with van der Waals surface area (Å²) >= 11 is 0. The van der Waals surface area contributed by atoms with Crippen LogP contribution >= 0.6 is 0 Å². The zero-order chi connectivity index (χ0) is 8.15. The Balaban J connectivity index is 3.80. The van der Waals surface area contributed by atoms with Gasteiger partial charge >= 0.3 is 0 Å². The topological polar surface area (TPSA) is 24.1 Å². The minimum Gasteiger partial charge on any atom is -0.316 e. The van der Waals surface area contributed by atoms with E-state index >= 15 is 0 Å². The minimum atomic E-state index is 0.546. The van der Waals surface area contributed by atoms with Crippen LogP contribution in [0.5, 0.6) is 0 Å². The molecule has 0 aliphatic carbocycles. The Hall–Kier alpha value is -0.0800. The maximum Gasteiger partial charge on any atom is 0.0238 e. The molecule has 0 spiro atoms. The van der Waals surface area contributed by atoms with Gasteiger partial charge in [0.25, 0.3) is 0 Å². The van der Waals surface area contributed by atoms with E-state index in [1.807, 2.05) is 14.1 Å². The number of likely N-dealkylation sites (N-methyl/N-ethyl adjacent to an activating group) is 2. The van der Waals surface area contributed by atoms with Crippen molar-refractivity contribution in [2.45, 2.75) is 32.9 Å². The van der Waals surface area contributed by atoms with E-state index in [4.69, 9.17) is 0 Å². The molecule has 0 rings (SSSR count). The number of nitrogens with one attached hydrogen (secondary N) is 2. The zero-order valence-electron chi connectivity index (χ0n) is 7.73. The third-order valence-corrected chi connectivity index (χ3v) is 2.05. The lowest BCUT2D eigenvalue weighted by Crippen LogP contribution is -2.46. The van der Waals surface area contributed by atoms with Gasteiger partial charge in [0, 0.05) is 12.1 Å². The molecule has 0 amide bonds. The van der Waals surface area contributed by atoms with Crippen LogP contribution in [0.15, 0.2) is 0 Å². The summed E-state index contributed by atoms with van der Waals surface area (Å²) in [6.07, 6.45) is 0. The minimum absolute atomic E-state index is 0.546. The normalized spacial score (nSPS) is 17.4. The van der Waals surface area contributed by atoms with E-state index in [-0.39, 0.29) is 0 Å². The van der Waals surface area contributed by atoms with Crippen LogP contribution < -0.4 is 10.6 Å². The smallest absolute Gasteiger partial charge is 0.0238 e. The van der Waals surface area contributed by atoms with Gasteiger partial charge in [-0.3, -0.25) is 0 Å². The summed E-state index contributed by atoms with van der Waals surface area (Å²) in [5, 5.41) is 6.52. The van der Waals surface area contributed by atoms with E-state index in [0.717, 1.165) is 0 Å². The quantitative estimate of drug-likeness (QED) is 0.611. The van der Waals surface area contributed by atoms with Crippen molar-refractivity contribution < 1.29 is 0 Å². The molecule has 0 aliphatic heterocycles. The van der Waals surface area contributed by atoms with Crippen LogP contribution in [0.2, 0.25) is 0 Å². The second kappa shape index (κ2) is 4.69. The molecule has 62 valence electrons. The van der Waals surface area contributed by atoms with E-state index in [1.165, 1.54) is 0 Å². The largest absolute Gasteiger partial charge is 0.316 e. The predicted molar refractivity (Wildman–Crippen MR) is 46.2 cm³/mol. The van der Waals surface area contributed by atoms with Crippen LogP contribution in [0.3, 0.4) is 0 Å². The standard InChI is InChI=1S/C8H20N2/c1-6(2)8(10-5)7(3)9-4/h6-10H,1-5H3. The van der Waals surface area contributed by atoms with Crippen molar-refractivity contribution >= 4 is 0 Å². The van der Waals surface area contributed by atoms with E-state index in [1.54, 1.807) is 0 Å². The lowest BCUT2D eigenvalue weighted by molar-refractivity contribution is 0.345. The van der Waals surface area contributed by atoms with Gasteiger partial charge in [-0.05, 0) is 26.9 Å². The van der Waals surface area contributed by atoms with E-state index < -0.39 is 0 Å². The second-order valence-corrected chi connectivity index (χ2v) is 3.14. The fourth-order valence-corrected chi connectivity index (χ4v) is 1.34. The van der Waals surface area contributed by atoms with Crippen LogP contribution in [0, 0.1) is 5.92 Å². The molecule has 0 saturated heterocycles. The molecule has 0 fully saturated rings. The molecule has 0 aliphatic rings. The Morgan fingerprint density at radius 1 is 0.900 bits per heavy atom. The average molecular weight is 144 g/mol. The second-order valence-electron chi connectivity index (χ2n) is 3.14. The van der Waals surface area contributed by atoms with Gasteiger partial charge < -0.3 is 10.6 Å². The van der Waals surface area contributed by atoms with Gasteiger partial charge in [-0.15, -0.1) is 0 Å². The van der Waals surface area contributed by atoms with Gasteiger partial charge in [-0.2, -0.15) is 0 Å². The molecule has 2 unspecified atom stereocenters. The summed E-state index contributed by atoms with van der Waals surface area (Å²) in [4.78, 5) is 0. The molecule has 0 aromatic heterocycles. The van der Waals surface area contributed by atoms with Crippen molar-refractivity contribution in [2.75, 3.05) is 14.1 Å². The van der Waals surface area contributed by atoms with Crippen molar-refractivity contribution in [2.24, 2.45) is 5.92 Å². The SMILES string of the molecule is CNC(C)C(NC)C(C)C. The fraction of sp³-hybridized carbons (Fsp3) is 1.00. The molecule has 0 aromatic carbocycles.